The van der Waals surface area contributed by atoms with Crippen LogP contribution in [0.2, 0.25) is 5.02 Å². The van der Waals surface area contributed by atoms with E-state index in [0.717, 1.165) is 40.8 Å². The Hall–Kier alpha value is -3.70. The fraction of sp³-hybridized carbons (Fsp3) is 0.222. The molecule has 1 aliphatic rings. The Bertz CT molecular complexity index is 1400. The Morgan fingerprint density at radius 1 is 1.11 bits per heavy atom. The number of aliphatic hydroxyl groups is 1. The molecule has 3 heterocycles. The molecule has 0 aliphatic carbocycles. The van der Waals surface area contributed by atoms with Crippen molar-refractivity contribution in [2.45, 2.75) is 25.0 Å². The SMILES string of the molecule is OC1(C#Cc2ccc3ncnc(Nc4ccc(OCc5ccccn5)c(Cl)c4)c3c2)CCCNC1. The predicted octanol–water partition coefficient (Wildman–Crippen LogP) is 4.47. The molecule has 0 saturated carbocycles. The van der Waals surface area contributed by atoms with Crippen LogP contribution in [0.4, 0.5) is 11.5 Å². The minimum absolute atomic E-state index is 0.332. The molecule has 3 N–H and O–H groups in total. The van der Waals surface area contributed by atoms with Crippen LogP contribution in [0.3, 0.4) is 0 Å². The summed E-state index contributed by atoms with van der Waals surface area (Å²) in [5, 5.41) is 18.5. The van der Waals surface area contributed by atoms with E-state index in [4.69, 9.17) is 16.3 Å². The monoisotopic (exact) mass is 485 g/mol. The molecule has 1 fully saturated rings. The molecule has 2 aromatic carbocycles. The maximum Gasteiger partial charge on any atom is 0.141 e. The second kappa shape index (κ2) is 10.3. The molecule has 2 aromatic heterocycles. The van der Waals surface area contributed by atoms with Crippen molar-refractivity contribution in [1.82, 2.24) is 20.3 Å². The molecule has 1 saturated heterocycles. The maximum atomic E-state index is 10.6. The number of benzene rings is 2. The Labute approximate surface area is 208 Å². The lowest BCUT2D eigenvalue weighted by atomic mass is 9.94. The van der Waals surface area contributed by atoms with Crippen molar-refractivity contribution in [2.75, 3.05) is 18.4 Å². The highest BCUT2D eigenvalue weighted by molar-refractivity contribution is 6.32. The molecule has 35 heavy (non-hydrogen) atoms. The van der Waals surface area contributed by atoms with E-state index in [2.05, 4.69) is 37.4 Å². The van der Waals surface area contributed by atoms with E-state index >= 15 is 0 Å². The van der Waals surface area contributed by atoms with Crippen LogP contribution >= 0.6 is 11.6 Å². The summed E-state index contributed by atoms with van der Waals surface area (Å²) in [4.78, 5) is 13.0. The Morgan fingerprint density at radius 3 is 2.86 bits per heavy atom. The standard InChI is InChI=1S/C27H24ClN5O2/c28-23-15-20(6-8-25(23)35-16-21-4-1-2-13-30-21)33-26-22-14-19(5-7-24(22)31-18-32-26)9-11-27(34)10-3-12-29-17-27/h1-2,4-8,13-15,18,29,34H,3,10,12,16-17H2,(H,31,32,33). The van der Waals surface area contributed by atoms with E-state index in [1.165, 1.54) is 6.33 Å². The molecular formula is C27H24ClN5O2. The van der Waals surface area contributed by atoms with Crippen molar-refractivity contribution in [3.05, 3.63) is 83.4 Å². The van der Waals surface area contributed by atoms with Crippen LogP contribution in [0.15, 0.2) is 67.1 Å². The zero-order valence-corrected chi connectivity index (χ0v) is 19.7. The number of rotatable bonds is 5. The molecule has 5 rings (SSSR count). The van der Waals surface area contributed by atoms with Crippen LogP contribution in [0, 0.1) is 11.8 Å². The van der Waals surface area contributed by atoms with Gasteiger partial charge >= 0.3 is 0 Å². The molecule has 8 heteroatoms. The van der Waals surface area contributed by atoms with Gasteiger partial charge in [-0.25, -0.2) is 9.97 Å². The zero-order chi connectivity index (χ0) is 24.1. The summed E-state index contributed by atoms with van der Waals surface area (Å²) in [5.74, 6) is 7.35. The largest absolute Gasteiger partial charge is 0.486 e. The molecule has 1 atom stereocenters. The highest BCUT2D eigenvalue weighted by Gasteiger charge is 2.26. The number of β-amino-alcohol motifs (C(OH)–C–C–N with tert-alkyl or cyclic N) is 1. The van der Waals surface area contributed by atoms with Gasteiger partial charge in [-0.2, -0.15) is 0 Å². The molecule has 1 aliphatic heterocycles. The van der Waals surface area contributed by atoms with E-state index < -0.39 is 5.60 Å². The van der Waals surface area contributed by atoms with E-state index in [9.17, 15) is 5.11 Å². The van der Waals surface area contributed by atoms with E-state index in [1.807, 2.05) is 48.5 Å². The fourth-order valence-electron chi connectivity index (χ4n) is 3.89. The van der Waals surface area contributed by atoms with E-state index in [-0.39, 0.29) is 0 Å². The van der Waals surface area contributed by atoms with Gasteiger partial charge in [-0.05, 0) is 67.9 Å². The average Bonchev–Trinajstić information content (AvgIpc) is 2.88. The quantitative estimate of drug-likeness (QED) is 0.359. The van der Waals surface area contributed by atoms with Gasteiger partial charge in [0.1, 0.15) is 30.1 Å². The first-order valence-corrected chi connectivity index (χ1v) is 11.8. The smallest absolute Gasteiger partial charge is 0.141 e. The topological polar surface area (TPSA) is 92.2 Å². The second-order valence-electron chi connectivity index (χ2n) is 8.40. The van der Waals surface area contributed by atoms with Crippen LogP contribution in [0.25, 0.3) is 10.9 Å². The van der Waals surface area contributed by atoms with Crippen LogP contribution in [-0.2, 0) is 6.61 Å². The van der Waals surface area contributed by atoms with Gasteiger partial charge < -0.3 is 20.5 Å². The summed E-state index contributed by atoms with van der Waals surface area (Å²) in [6.07, 6.45) is 4.81. The number of nitrogens with one attached hydrogen (secondary N) is 2. The summed E-state index contributed by atoms with van der Waals surface area (Å²) in [6.45, 7) is 1.72. The Morgan fingerprint density at radius 2 is 2.06 bits per heavy atom. The number of hydrogen-bond donors (Lipinski definition) is 3. The molecule has 4 aromatic rings. The van der Waals surface area contributed by atoms with Crippen LogP contribution in [-0.4, -0.2) is 38.7 Å². The number of hydrogen-bond acceptors (Lipinski definition) is 7. The molecule has 0 radical (unpaired) electrons. The third-order valence-corrected chi connectivity index (χ3v) is 6.03. The lowest BCUT2D eigenvalue weighted by Crippen LogP contribution is -2.44. The van der Waals surface area contributed by atoms with Crippen molar-refractivity contribution in [1.29, 1.82) is 0 Å². The van der Waals surface area contributed by atoms with Crippen LogP contribution in [0.5, 0.6) is 5.75 Å². The summed E-state index contributed by atoms with van der Waals surface area (Å²) in [5.41, 5.74) is 2.15. The normalized spacial score (nSPS) is 17.4. The second-order valence-corrected chi connectivity index (χ2v) is 8.80. The number of aromatic nitrogens is 3. The summed E-state index contributed by atoms with van der Waals surface area (Å²) in [7, 11) is 0. The number of ether oxygens (including phenoxy) is 1. The number of anilines is 2. The van der Waals surface area contributed by atoms with Gasteiger partial charge in [0, 0.05) is 29.4 Å². The summed E-state index contributed by atoms with van der Waals surface area (Å²) < 4.78 is 5.81. The number of halogens is 1. The fourth-order valence-corrected chi connectivity index (χ4v) is 4.12. The lowest BCUT2D eigenvalue weighted by Gasteiger charge is -2.27. The molecule has 0 spiro atoms. The first-order valence-electron chi connectivity index (χ1n) is 11.4. The summed E-state index contributed by atoms with van der Waals surface area (Å²) in [6, 6.07) is 16.9. The van der Waals surface area contributed by atoms with Crippen molar-refractivity contribution in [3.63, 3.8) is 0 Å². The molecule has 7 nitrogen and oxygen atoms in total. The zero-order valence-electron chi connectivity index (χ0n) is 19.0. The molecule has 1 unspecified atom stereocenters. The number of fused-ring (bicyclic) bond motifs is 1. The van der Waals surface area contributed by atoms with E-state index in [1.54, 1.807) is 12.3 Å². The van der Waals surface area contributed by atoms with Gasteiger partial charge in [-0.3, -0.25) is 4.98 Å². The van der Waals surface area contributed by atoms with Crippen molar-refractivity contribution in [3.8, 4) is 17.6 Å². The third-order valence-electron chi connectivity index (χ3n) is 5.73. The number of piperidine rings is 1. The van der Waals surface area contributed by atoms with Crippen LogP contribution < -0.4 is 15.4 Å². The number of nitrogens with zero attached hydrogens (tertiary/aromatic N) is 3. The molecule has 0 amide bonds. The third kappa shape index (κ3) is 5.69. The van der Waals surface area contributed by atoms with E-state index in [0.29, 0.717) is 36.2 Å². The van der Waals surface area contributed by atoms with Gasteiger partial charge in [-0.15, -0.1) is 0 Å². The van der Waals surface area contributed by atoms with Crippen molar-refractivity contribution >= 4 is 34.0 Å². The first kappa shape index (κ1) is 23.1. The Balaban J connectivity index is 1.35. The average molecular weight is 486 g/mol. The van der Waals surface area contributed by atoms with Gasteiger partial charge in [0.25, 0.3) is 0 Å². The molecule has 176 valence electrons. The van der Waals surface area contributed by atoms with Gasteiger partial charge in [0.15, 0.2) is 0 Å². The van der Waals surface area contributed by atoms with Crippen LogP contribution in [0.1, 0.15) is 24.1 Å². The summed E-state index contributed by atoms with van der Waals surface area (Å²) >= 11 is 6.47. The molecule has 0 bridgehead atoms. The van der Waals surface area contributed by atoms with Gasteiger partial charge in [-0.1, -0.05) is 29.5 Å². The van der Waals surface area contributed by atoms with Gasteiger partial charge in [0.2, 0.25) is 0 Å². The highest BCUT2D eigenvalue weighted by atomic mass is 35.5. The molecular weight excluding hydrogens is 462 g/mol. The minimum atomic E-state index is -1.00. The maximum absolute atomic E-state index is 10.6. The van der Waals surface area contributed by atoms with Crippen molar-refractivity contribution < 1.29 is 9.84 Å². The number of pyridine rings is 1. The van der Waals surface area contributed by atoms with Gasteiger partial charge in [0.05, 0.1) is 16.2 Å². The van der Waals surface area contributed by atoms with Crippen molar-refractivity contribution in [2.24, 2.45) is 0 Å². The predicted molar refractivity (Wildman–Crippen MR) is 137 cm³/mol. The minimum Gasteiger partial charge on any atom is -0.486 e. The highest BCUT2D eigenvalue weighted by Crippen LogP contribution is 2.31. The Kier molecular flexibility index (Phi) is 6.77. The lowest BCUT2D eigenvalue weighted by molar-refractivity contribution is 0.0736. The first-order chi connectivity index (χ1) is 17.1.